The van der Waals surface area contributed by atoms with E-state index in [0.717, 1.165) is 35.5 Å². The predicted molar refractivity (Wildman–Crippen MR) is 143 cm³/mol. The highest BCUT2D eigenvalue weighted by Crippen LogP contribution is 2.54. The predicted octanol–water partition coefficient (Wildman–Crippen LogP) is 11.1. The van der Waals surface area contributed by atoms with Crippen molar-refractivity contribution in [3.05, 3.63) is 0 Å². The molecule has 0 N–H and O–H groups in total. The monoisotopic (exact) mass is 444 g/mol. The van der Waals surface area contributed by atoms with Gasteiger partial charge in [-0.3, -0.25) is 0 Å². The lowest BCUT2D eigenvalue weighted by atomic mass is 9.55. The van der Waals surface area contributed by atoms with Crippen molar-refractivity contribution in [2.75, 3.05) is 0 Å². The Labute approximate surface area is 203 Å². The molecule has 0 nitrogen and oxygen atoms in total. The number of rotatable bonds is 16. The van der Waals surface area contributed by atoms with Crippen LogP contribution in [-0.2, 0) is 0 Å². The second-order valence-electron chi connectivity index (χ2n) is 12.6. The summed E-state index contributed by atoms with van der Waals surface area (Å²) in [6.45, 7) is 4.65. The Morgan fingerprint density at radius 3 is 1.19 bits per heavy atom. The van der Waals surface area contributed by atoms with Crippen LogP contribution in [0.15, 0.2) is 0 Å². The maximum Gasteiger partial charge on any atom is -0.0355 e. The minimum atomic E-state index is 1.09. The molecule has 3 fully saturated rings. The lowest BCUT2D eigenvalue weighted by molar-refractivity contribution is -0.00461. The molecule has 0 aromatic rings. The molecule has 0 spiro atoms. The van der Waals surface area contributed by atoms with E-state index in [0.29, 0.717) is 0 Å². The molecule has 6 atom stereocenters. The second kappa shape index (κ2) is 15.8. The zero-order valence-corrected chi connectivity index (χ0v) is 22.4. The summed E-state index contributed by atoms with van der Waals surface area (Å²) in [5, 5.41) is 0. The van der Waals surface area contributed by atoms with E-state index in [1.807, 2.05) is 0 Å². The van der Waals surface area contributed by atoms with Crippen LogP contribution in [0.4, 0.5) is 0 Å². The zero-order chi connectivity index (χ0) is 22.4. The molecular formula is C32H60. The average molecular weight is 445 g/mol. The van der Waals surface area contributed by atoms with Crippen molar-refractivity contribution in [3.8, 4) is 0 Å². The Balaban J connectivity index is 1.27. The summed E-state index contributed by atoms with van der Waals surface area (Å²) in [6.07, 6.45) is 36.6. The third-order valence-electron chi connectivity index (χ3n) is 10.2. The number of hydrogen-bond acceptors (Lipinski definition) is 0. The van der Waals surface area contributed by atoms with Gasteiger partial charge in [0.2, 0.25) is 0 Å². The number of hydrogen-bond donors (Lipinski definition) is 0. The smallest absolute Gasteiger partial charge is 0.0355 e. The first-order chi connectivity index (χ1) is 15.8. The topological polar surface area (TPSA) is 0 Å². The Bertz CT molecular complexity index is 411. The molecule has 0 heteroatoms. The zero-order valence-electron chi connectivity index (χ0n) is 22.4. The maximum atomic E-state index is 2.33. The Hall–Kier alpha value is 0. The van der Waals surface area contributed by atoms with Gasteiger partial charge in [-0.25, -0.2) is 0 Å². The Kier molecular flexibility index (Phi) is 13.1. The summed E-state index contributed by atoms with van der Waals surface area (Å²) in [7, 11) is 0. The van der Waals surface area contributed by atoms with Gasteiger partial charge in [-0.1, -0.05) is 129 Å². The lowest BCUT2D eigenvalue weighted by Crippen LogP contribution is -2.41. The average Bonchev–Trinajstić information content (AvgIpc) is 2.82. The van der Waals surface area contributed by atoms with Crippen LogP contribution in [0.2, 0.25) is 0 Å². The van der Waals surface area contributed by atoms with Crippen LogP contribution >= 0.6 is 0 Å². The Morgan fingerprint density at radius 1 is 0.406 bits per heavy atom. The summed E-state index contributed by atoms with van der Waals surface area (Å²) in [5.74, 6) is 6.71. The summed E-state index contributed by atoms with van der Waals surface area (Å²) in [4.78, 5) is 0. The van der Waals surface area contributed by atoms with E-state index in [1.165, 1.54) is 89.9 Å². The van der Waals surface area contributed by atoms with E-state index < -0.39 is 0 Å². The van der Waals surface area contributed by atoms with Gasteiger partial charge in [-0.05, 0) is 74.0 Å². The molecular weight excluding hydrogens is 384 g/mol. The van der Waals surface area contributed by atoms with Crippen molar-refractivity contribution < 1.29 is 0 Å². The number of fused-ring (bicyclic) bond motifs is 3. The van der Waals surface area contributed by atoms with Gasteiger partial charge in [0, 0.05) is 0 Å². The van der Waals surface area contributed by atoms with E-state index in [9.17, 15) is 0 Å². The first-order valence-electron chi connectivity index (χ1n) is 15.8. The highest BCUT2D eigenvalue weighted by molar-refractivity contribution is 4.94. The van der Waals surface area contributed by atoms with E-state index in [1.54, 1.807) is 64.2 Å². The first kappa shape index (κ1) is 26.6. The molecule has 0 saturated heterocycles. The van der Waals surface area contributed by atoms with Crippen LogP contribution in [0, 0.1) is 35.5 Å². The summed E-state index contributed by atoms with van der Waals surface area (Å²) < 4.78 is 0. The van der Waals surface area contributed by atoms with Gasteiger partial charge in [0.25, 0.3) is 0 Å². The van der Waals surface area contributed by atoms with E-state index in [2.05, 4.69) is 13.8 Å². The fourth-order valence-electron chi connectivity index (χ4n) is 8.29. The van der Waals surface area contributed by atoms with Gasteiger partial charge < -0.3 is 0 Å². The molecule has 3 saturated carbocycles. The standard InChI is InChI=1S/C32H60/c1-3-5-7-9-11-13-15-17-27-19-23-31-29(25-27)21-22-30-26-28(20-24-32(30)31)18-16-14-12-10-8-6-4-2/h27-32H,3-26H2,1-2H3. The van der Waals surface area contributed by atoms with Gasteiger partial charge in [-0.15, -0.1) is 0 Å². The molecule has 0 heterocycles. The fraction of sp³-hybridized carbons (Fsp3) is 1.00. The molecule has 3 aliphatic rings. The third kappa shape index (κ3) is 8.98. The minimum Gasteiger partial charge on any atom is -0.0654 e. The summed E-state index contributed by atoms with van der Waals surface area (Å²) in [6, 6.07) is 0. The summed E-state index contributed by atoms with van der Waals surface area (Å²) >= 11 is 0. The third-order valence-corrected chi connectivity index (χ3v) is 10.2. The largest absolute Gasteiger partial charge is 0.0654 e. The van der Waals surface area contributed by atoms with Crippen LogP contribution in [0.5, 0.6) is 0 Å². The first-order valence-corrected chi connectivity index (χ1v) is 15.8. The second-order valence-corrected chi connectivity index (χ2v) is 12.6. The summed E-state index contributed by atoms with van der Waals surface area (Å²) in [5.41, 5.74) is 0. The maximum absolute atomic E-state index is 2.33. The highest BCUT2D eigenvalue weighted by Gasteiger charge is 2.44. The molecule has 3 rings (SSSR count). The van der Waals surface area contributed by atoms with Crippen molar-refractivity contribution in [1.29, 1.82) is 0 Å². The van der Waals surface area contributed by atoms with Gasteiger partial charge in [0.15, 0.2) is 0 Å². The normalized spacial score (nSPS) is 32.4. The van der Waals surface area contributed by atoms with Crippen LogP contribution in [0.25, 0.3) is 0 Å². The molecule has 0 aliphatic heterocycles. The SMILES string of the molecule is CCCCCCCCCC1CCC2C(CCC3CC(CCCCCCCCC)CCC32)C1. The molecule has 188 valence electrons. The molecule has 0 aromatic heterocycles. The van der Waals surface area contributed by atoms with Crippen LogP contribution in [0.3, 0.4) is 0 Å². The highest BCUT2D eigenvalue weighted by atomic mass is 14.5. The minimum absolute atomic E-state index is 1.09. The molecule has 0 aromatic carbocycles. The van der Waals surface area contributed by atoms with E-state index in [4.69, 9.17) is 0 Å². The molecule has 0 amide bonds. The number of unbranched alkanes of at least 4 members (excludes halogenated alkanes) is 12. The van der Waals surface area contributed by atoms with Crippen LogP contribution < -0.4 is 0 Å². The van der Waals surface area contributed by atoms with Gasteiger partial charge in [-0.2, -0.15) is 0 Å². The molecule has 0 radical (unpaired) electrons. The van der Waals surface area contributed by atoms with E-state index in [-0.39, 0.29) is 0 Å². The lowest BCUT2D eigenvalue weighted by Gasteiger charge is -2.51. The molecule has 3 aliphatic carbocycles. The van der Waals surface area contributed by atoms with Crippen molar-refractivity contribution in [3.63, 3.8) is 0 Å². The quantitative estimate of drug-likeness (QED) is 0.208. The molecule has 6 unspecified atom stereocenters. The van der Waals surface area contributed by atoms with Crippen molar-refractivity contribution in [1.82, 2.24) is 0 Å². The van der Waals surface area contributed by atoms with Gasteiger partial charge in [0.05, 0.1) is 0 Å². The van der Waals surface area contributed by atoms with Gasteiger partial charge >= 0.3 is 0 Å². The van der Waals surface area contributed by atoms with Gasteiger partial charge in [0.1, 0.15) is 0 Å². The van der Waals surface area contributed by atoms with Crippen LogP contribution in [-0.4, -0.2) is 0 Å². The van der Waals surface area contributed by atoms with Crippen molar-refractivity contribution >= 4 is 0 Å². The van der Waals surface area contributed by atoms with Crippen LogP contribution in [0.1, 0.15) is 168 Å². The van der Waals surface area contributed by atoms with Crippen molar-refractivity contribution in [2.45, 2.75) is 168 Å². The van der Waals surface area contributed by atoms with Crippen molar-refractivity contribution in [2.24, 2.45) is 35.5 Å². The molecule has 0 bridgehead atoms. The fourth-order valence-corrected chi connectivity index (χ4v) is 8.29. The molecule has 32 heavy (non-hydrogen) atoms. The van der Waals surface area contributed by atoms with E-state index >= 15 is 0 Å². The Morgan fingerprint density at radius 2 is 0.781 bits per heavy atom.